The van der Waals surface area contributed by atoms with Crippen LogP contribution in [0.5, 0.6) is 0 Å². The number of hydrogen-bond acceptors (Lipinski definition) is 4. The Hall–Kier alpha value is -2.58. The number of hydrazine groups is 1. The van der Waals surface area contributed by atoms with Gasteiger partial charge >= 0.3 is 0 Å². The van der Waals surface area contributed by atoms with Crippen LogP contribution in [-0.2, 0) is 0 Å². The third-order valence-corrected chi connectivity index (χ3v) is 3.79. The molecule has 130 valence electrons. The molecule has 2 aromatic rings. The number of benzene rings is 1. The first-order valence-corrected chi connectivity index (χ1v) is 8.57. The van der Waals surface area contributed by atoms with Crippen molar-refractivity contribution in [1.29, 1.82) is 0 Å². The number of para-hydroxylation sites is 1. The fourth-order valence-electron chi connectivity index (χ4n) is 2.03. The van der Waals surface area contributed by atoms with Gasteiger partial charge in [-0.25, -0.2) is 0 Å². The van der Waals surface area contributed by atoms with E-state index in [1.807, 2.05) is 67.3 Å². The largest absolute Gasteiger partial charge is 0.318 e. The van der Waals surface area contributed by atoms with Crippen molar-refractivity contribution < 1.29 is 0 Å². The molecule has 0 spiro atoms. The normalized spacial score (nSPS) is 10.7. The first-order valence-electron chi connectivity index (χ1n) is 7.76. The fourth-order valence-corrected chi connectivity index (χ4v) is 2.41. The summed E-state index contributed by atoms with van der Waals surface area (Å²) in [6.45, 7) is 4.61. The summed E-state index contributed by atoms with van der Waals surface area (Å²) in [5.74, 6) is 0. The van der Waals surface area contributed by atoms with E-state index >= 15 is 0 Å². The first kappa shape index (κ1) is 18.8. The van der Waals surface area contributed by atoms with Gasteiger partial charge in [0.2, 0.25) is 5.11 Å². The van der Waals surface area contributed by atoms with E-state index < -0.39 is 0 Å². The Balaban J connectivity index is 1.86. The lowest BCUT2D eigenvalue weighted by molar-refractivity contribution is 0.815. The highest BCUT2D eigenvalue weighted by Crippen LogP contribution is 2.12. The quantitative estimate of drug-likeness (QED) is 0.433. The number of hydrazone groups is 1. The molecule has 8 heteroatoms. The van der Waals surface area contributed by atoms with Crippen molar-refractivity contribution in [2.75, 3.05) is 11.4 Å². The molecule has 0 aliphatic heterocycles. The second-order valence-corrected chi connectivity index (χ2v) is 5.78. The summed E-state index contributed by atoms with van der Waals surface area (Å²) in [4.78, 5) is 6.17. The Morgan fingerprint density at radius 1 is 1.08 bits per heavy atom. The van der Waals surface area contributed by atoms with Gasteiger partial charge in [-0.3, -0.25) is 21.3 Å². The highest BCUT2D eigenvalue weighted by molar-refractivity contribution is 7.80. The molecule has 0 bridgehead atoms. The highest BCUT2D eigenvalue weighted by Gasteiger charge is 2.09. The molecule has 0 aliphatic rings. The van der Waals surface area contributed by atoms with Gasteiger partial charge in [-0.1, -0.05) is 24.3 Å². The minimum Gasteiger partial charge on any atom is -0.318 e. The van der Waals surface area contributed by atoms with Crippen LogP contribution in [0.25, 0.3) is 0 Å². The van der Waals surface area contributed by atoms with Crippen LogP contribution in [0.1, 0.15) is 19.5 Å². The molecule has 0 aliphatic carbocycles. The Bertz CT molecular complexity index is 733. The average Bonchev–Trinajstić information content (AvgIpc) is 2.66. The Morgan fingerprint density at radius 2 is 1.80 bits per heavy atom. The maximum absolute atomic E-state index is 5.41. The zero-order valence-corrected chi connectivity index (χ0v) is 15.7. The van der Waals surface area contributed by atoms with Crippen molar-refractivity contribution in [2.24, 2.45) is 5.10 Å². The van der Waals surface area contributed by atoms with E-state index in [0.717, 1.165) is 23.6 Å². The molecule has 2 rings (SSSR count). The molecule has 0 radical (unpaired) electrons. The molecular formula is C17H20N6S2. The molecule has 3 N–H and O–H groups in total. The minimum atomic E-state index is 0.307. The standard InChI is InChI=1S/C17H20N6S2/c1-3-23(14-9-5-4-6-10-14)17(25)22-21-16(24)20-19-13(2)15-11-7-8-12-18-15/h4-12H,3H2,1-2H3,(H,22,25)(H2,20,21,24)/b19-13+. The summed E-state index contributed by atoms with van der Waals surface area (Å²) in [5, 5.41) is 5.02. The van der Waals surface area contributed by atoms with E-state index in [2.05, 4.69) is 26.4 Å². The maximum Gasteiger partial charge on any atom is 0.205 e. The average molecular weight is 373 g/mol. The Labute approximate surface area is 158 Å². The van der Waals surface area contributed by atoms with Gasteiger partial charge in [0.1, 0.15) is 0 Å². The molecule has 1 heterocycles. The lowest BCUT2D eigenvalue weighted by Gasteiger charge is -2.24. The summed E-state index contributed by atoms with van der Waals surface area (Å²) < 4.78 is 0. The van der Waals surface area contributed by atoms with Gasteiger partial charge in [0.05, 0.1) is 11.4 Å². The minimum absolute atomic E-state index is 0.307. The van der Waals surface area contributed by atoms with Crippen LogP contribution >= 0.6 is 24.4 Å². The van der Waals surface area contributed by atoms with Crippen molar-refractivity contribution in [3.63, 3.8) is 0 Å². The Kier molecular flexibility index (Phi) is 7.24. The molecule has 1 aromatic heterocycles. The van der Waals surface area contributed by atoms with E-state index in [9.17, 15) is 0 Å². The van der Waals surface area contributed by atoms with E-state index in [1.165, 1.54) is 0 Å². The second kappa shape index (κ2) is 9.65. The van der Waals surface area contributed by atoms with E-state index in [-0.39, 0.29) is 0 Å². The molecule has 0 amide bonds. The van der Waals surface area contributed by atoms with E-state index in [0.29, 0.717) is 10.2 Å². The van der Waals surface area contributed by atoms with Crippen LogP contribution in [0.3, 0.4) is 0 Å². The van der Waals surface area contributed by atoms with Crippen LogP contribution < -0.4 is 21.2 Å². The summed E-state index contributed by atoms with van der Waals surface area (Å²) in [5.41, 5.74) is 11.0. The number of anilines is 1. The number of aromatic nitrogens is 1. The third kappa shape index (κ3) is 5.77. The molecule has 0 unspecified atom stereocenters. The van der Waals surface area contributed by atoms with Gasteiger partial charge < -0.3 is 4.90 Å². The molecular weight excluding hydrogens is 352 g/mol. The number of nitrogens with one attached hydrogen (secondary N) is 3. The number of rotatable bonds is 4. The fraction of sp³-hybridized carbons (Fsp3) is 0.176. The third-order valence-electron chi connectivity index (χ3n) is 3.27. The molecule has 25 heavy (non-hydrogen) atoms. The molecule has 0 atom stereocenters. The smallest absolute Gasteiger partial charge is 0.205 e. The summed E-state index contributed by atoms with van der Waals surface area (Å²) in [7, 11) is 0. The molecule has 1 aromatic carbocycles. The van der Waals surface area contributed by atoms with Crippen LogP contribution in [0, 0.1) is 0 Å². The van der Waals surface area contributed by atoms with Crippen LogP contribution in [0.2, 0.25) is 0 Å². The Morgan fingerprint density at radius 3 is 2.44 bits per heavy atom. The molecule has 0 saturated carbocycles. The maximum atomic E-state index is 5.41. The van der Waals surface area contributed by atoms with Crippen molar-refractivity contribution in [3.05, 3.63) is 60.4 Å². The summed E-state index contributed by atoms with van der Waals surface area (Å²) in [6, 6.07) is 15.5. The summed E-state index contributed by atoms with van der Waals surface area (Å²) in [6.07, 6.45) is 1.72. The molecule has 6 nitrogen and oxygen atoms in total. The van der Waals surface area contributed by atoms with Crippen LogP contribution in [0.15, 0.2) is 59.8 Å². The SMILES string of the molecule is CCN(C(=S)NNC(=S)N/N=C(\C)c1ccccn1)c1ccccc1. The van der Waals surface area contributed by atoms with Gasteiger partial charge in [0, 0.05) is 18.4 Å². The van der Waals surface area contributed by atoms with Gasteiger partial charge in [-0.15, -0.1) is 0 Å². The van der Waals surface area contributed by atoms with E-state index in [1.54, 1.807) is 6.20 Å². The van der Waals surface area contributed by atoms with Crippen molar-refractivity contribution >= 4 is 46.1 Å². The predicted molar refractivity (Wildman–Crippen MR) is 111 cm³/mol. The van der Waals surface area contributed by atoms with Crippen molar-refractivity contribution in [2.45, 2.75) is 13.8 Å². The van der Waals surface area contributed by atoms with Gasteiger partial charge in [0.15, 0.2) is 5.11 Å². The predicted octanol–water partition coefficient (Wildman–Crippen LogP) is 2.59. The second-order valence-electron chi connectivity index (χ2n) is 4.99. The van der Waals surface area contributed by atoms with Crippen LogP contribution in [-0.4, -0.2) is 27.5 Å². The topological polar surface area (TPSA) is 64.6 Å². The molecule has 0 saturated heterocycles. The monoisotopic (exact) mass is 372 g/mol. The zero-order chi connectivity index (χ0) is 18.1. The van der Waals surface area contributed by atoms with Crippen molar-refractivity contribution in [3.8, 4) is 0 Å². The number of nitrogens with zero attached hydrogens (tertiary/aromatic N) is 3. The number of thiocarbonyl (C=S) groups is 2. The summed E-state index contributed by atoms with van der Waals surface area (Å²) >= 11 is 10.6. The van der Waals surface area contributed by atoms with Gasteiger partial charge in [-0.2, -0.15) is 5.10 Å². The lowest BCUT2D eigenvalue weighted by Crippen LogP contribution is -2.51. The molecule has 0 fully saturated rings. The zero-order valence-electron chi connectivity index (χ0n) is 14.1. The lowest BCUT2D eigenvalue weighted by atomic mass is 10.3. The number of hydrogen-bond donors (Lipinski definition) is 3. The van der Waals surface area contributed by atoms with Gasteiger partial charge in [-0.05, 0) is 62.5 Å². The van der Waals surface area contributed by atoms with E-state index in [4.69, 9.17) is 24.4 Å². The van der Waals surface area contributed by atoms with Gasteiger partial charge in [0.25, 0.3) is 0 Å². The first-order chi connectivity index (χ1) is 12.1. The van der Waals surface area contributed by atoms with Crippen LogP contribution in [0.4, 0.5) is 5.69 Å². The number of pyridine rings is 1. The van der Waals surface area contributed by atoms with Crippen molar-refractivity contribution in [1.82, 2.24) is 21.3 Å². The highest BCUT2D eigenvalue weighted by atomic mass is 32.1.